The Morgan fingerprint density at radius 2 is 1.84 bits per heavy atom. The normalized spacial score (nSPS) is 11.6. The summed E-state index contributed by atoms with van der Waals surface area (Å²) in [5.41, 5.74) is -3.11. The highest BCUT2D eigenvalue weighted by Crippen LogP contribution is 2.29. The smallest absolute Gasteiger partial charge is 0.343 e. The van der Waals surface area contributed by atoms with E-state index < -0.39 is 50.8 Å². The van der Waals surface area contributed by atoms with Gasteiger partial charge in [-0.1, -0.05) is 0 Å². The van der Waals surface area contributed by atoms with E-state index in [-0.39, 0.29) is 0 Å². The van der Waals surface area contributed by atoms with E-state index in [9.17, 15) is 28.5 Å². The van der Waals surface area contributed by atoms with Crippen LogP contribution in [0.4, 0.5) is 5.69 Å². The summed E-state index contributed by atoms with van der Waals surface area (Å²) in [4.78, 5) is 31.2. The average Bonchev–Trinajstić information content (AvgIpc) is 2.26. The van der Waals surface area contributed by atoms with Crippen LogP contribution in [0.5, 0.6) is 5.75 Å². The molecule has 0 bridgehead atoms. The number of nitro groups is 1. The first-order valence-electron chi connectivity index (χ1n) is 4.30. The summed E-state index contributed by atoms with van der Waals surface area (Å²) in [6.07, 6.45) is 0. The molecule has 1 atom stereocenters. The van der Waals surface area contributed by atoms with E-state index in [1.165, 1.54) is 0 Å². The zero-order valence-corrected chi connectivity index (χ0v) is 9.58. The van der Waals surface area contributed by atoms with Crippen molar-refractivity contribution in [3.8, 4) is 5.75 Å². The molecule has 0 aliphatic carbocycles. The van der Waals surface area contributed by atoms with Gasteiger partial charge in [-0.3, -0.25) is 10.1 Å². The number of hydrogen-bond donors (Lipinski definition) is 2. The quantitative estimate of drug-likeness (QED) is 0.436. The lowest BCUT2D eigenvalue weighted by atomic mass is 10.0. The molecule has 0 radical (unpaired) electrons. The summed E-state index contributed by atoms with van der Waals surface area (Å²) >= 11 is -3.09. The fourth-order valence-electron chi connectivity index (χ4n) is 1.27. The van der Waals surface area contributed by atoms with Gasteiger partial charge in [0.25, 0.3) is 5.69 Å². The van der Waals surface area contributed by atoms with E-state index in [2.05, 4.69) is 4.18 Å². The molecule has 0 fully saturated rings. The Labute approximate surface area is 106 Å². The molecule has 1 aromatic rings. The van der Waals surface area contributed by atoms with Crippen molar-refractivity contribution >= 4 is 29.0 Å². The maximum absolute atomic E-state index is 10.9. The molecule has 0 amide bonds. The van der Waals surface area contributed by atoms with Crippen LogP contribution < -0.4 is 4.18 Å². The molecular formula is C8H4NO9S-. The molecule has 0 aliphatic rings. The second-order valence-electron chi connectivity index (χ2n) is 3.02. The number of carbonyl (C=O) groups is 2. The van der Waals surface area contributed by atoms with E-state index in [4.69, 9.17) is 10.2 Å². The Bertz CT molecular complexity index is 561. The summed E-state index contributed by atoms with van der Waals surface area (Å²) in [5, 5.41) is 28.2. The molecule has 0 saturated carbocycles. The monoisotopic (exact) mass is 290 g/mol. The Morgan fingerprint density at radius 3 is 2.21 bits per heavy atom. The van der Waals surface area contributed by atoms with Crippen molar-refractivity contribution in [2.24, 2.45) is 0 Å². The molecule has 1 rings (SSSR count). The third-order valence-electron chi connectivity index (χ3n) is 1.90. The largest absolute Gasteiger partial charge is 0.740 e. The van der Waals surface area contributed by atoms with Gasteiger partial charge in [0.15, 0.2) is 5.56 Å². The molecule has 0 aromatic heterocycles. The van der Waals surface area contributed by atoms with Crippen LogP contribution in [-0.2, 0) is 11.4 Å². The minimum Gasteiger partial charge on any atom is -0.740 e. The number of carboxylic acids is 2. The molecule has 2 N–H and O–H groups in total. The van der Waals surface area contributed by atoms with Crippen molar-refractivity contribution in [3.63, 3.8) is 0 Å². The lowest BCUT2D eigenvalue weighted by Gasteiger charge is -2.09. The SMILES string of the molecule is O=C(O)c1cc(OS(=O)[O-])cc([N+](=O)[O-])c1C(=O)O. The molecule has 1 aromatic carbocycles. The standard InChI is InChI=1S/C8H5NO9S/c10-7(11)4-1-3(18-19(16)17)2-5(9(14)15)6(4)8(12)13/h1-2H,(H,10,11)(H,12,13)(H,16,17)/p-1. The van der Waals surface area contributed by atoms with E-state index >= 15 is 0 Å². The topological polar surface area (TPSA) is 167 Å². The fraction of sp³-hybridized carbons (Fsp3) is 0. The van der Waals surface area contributed by atoms with Crippen LogP contribution in [0.1, 0.15) is 20.7 Å². The van der Waals surface area contributed by atoms with Gasteiger partial charge in [-0.15, -0.1) is 0 Å². The highest BCUT2D eigenvalue weighted by molar-refractivity contribution is 7.74. The Morgan fingerprint density at radius 1 is 1.26 bits per heavy atom. The van der Waals surface area contributed by atoms with Crippen molar-refractivity contribution < 1.29 is 37.7 Å². The van der Waals surface area contributed by atoms with Crippen LogP contribution in [0.2, 0.25) is 0 Å². The van der Waals surface area contributed by atoms with Crippen molar-refractivity contribution in [1.82, 2.24) is 0 Å². The van der Waals surface area contributed by atoms with Gasteiger partial charge in [0.05, 0.1) is 16.6 Å². The summed E-state index contributed by atoms with van der Waals surface area (Å²) in [7, 11) is 0. The third kappa shape index (κ3) is 3.23. The number of hydrogen-bond acceptors (Lipinski definition) is 7. The lowest BCUT2D eigenvalue weighted by Crippen LogP contribution is -2.12. The highest BCUT2D eigenvalue weighted by Gasteiger charge is 2.29. The molecule has 11 heteroatoms. The van der Waals surface area contributed by atoms with Gasteiger partial charge in [0.1, 0.15) is 17.1 Å². The first-order valence-corrected chi connectivity index (χ1v) is 5.30. The highest BCUT2D eigenvalue weighted by atomic mass is 32.2. The first kappa shape index (κ1) is 14.5. The predicted octanol–water partition coefficient (Wildman–Crippen LogP) is 0.164. The van der Waals surface area contributed by atoms with E-state index in [1.807, 2.05) is 0 Å². The summed E-state index contributed by atoms with van der Waals surface area (Å²) in [6.45, 7) is 0. The first-order chi connectivity index (χ1) is 8.73. The van der Waals surface area contributed by atoms with Crippen LogP contribution in [0, 0.1) is 10.1 Å². The molecule has 19 heavy (non-hydrogen) atoms. The number of carboxylic acid groups (broad SMARTS) is 2. The lowest BCUT2D eigenvalue weighted by molar-refractivity contribution is -0.385. The number of nitro benzene ring substituents is 1. The second-order valence-corrected chi connectivity index (χ2v) is 3.59. The van der Waals surface area contributed by atoms with Gasteiger partial charge in [-0.25, -0.2) is 13.8 Å². The predicted molar refractivity (Wildman–Crippen MR) is 56.6 cm³/mol. The second kappa shape index (κ2) is 5.41. The summed E-state index contributed by atoms with van der Waals surface area (Å²) in [6, 6.07) is 1.07. The van der Waals surface area contributed by atoms with Gasteiger partial charge in [-0.2, -0.15) is 0 Å². The number of aromatic carboxylic acids is 2. The van der Waals surface area contributed by atoms with Crippen molar-refractivity contribution in [2.75, 3.05) is 0 Å². The van der Waals surface area contributed by atoms with Crippen LogP contribution in [-0.4, -0.2) is 35.8 Å². The average molecular weight is 290 g/mol. The van der Waals surface area contributed by atoms with Gasteiger partial charge in [-0.05, 0) is 6.07 Å². The van der Waals surface area contributed by atoms with E-state index in [1.54, 1.807) is 0 Å². The minimum atomic E-state index is -3.09. The molecular weight excluding hydrogens is 286 g/mol. The zero-order valence-electron chi connectivity index (χ0n) is 8.76. The van der Waals surface area contributed by atoms with E-state index in [0.29, 0.717) is 12.1 Å². The van der Waals surface area contributed by atoms with Crippen molar-refractivity contribution in [3.05, 3.63) is 33.4 Å². The van der Waals surface area contributed by atoms with E-state index in [0.717, 1.165) is 0 Å². The van der Waals surface area contributed by atoms with Crippen LogP contribution in [0.15, 0.2) is 12.1 Å². The third-order valence-corrected chi connectivity index (χ3v) is 2.22. The molecule has 0 heterocycles. The van der Waals surface area contributed by atoms with Crippen LogP contribution in [0.3, 0.4) is 0 Å². The molecule has 102 valence electrons. The molecule has 1 unspecified atom stereocenters. The van der Waals surface area contributed by atoms with Crippen LogP contribution >= 0.6 is 0 Å². The van der Waals surface area contributed by atoms with Crippen LogP contribution in [0.25, 0.3) is 0 Å². The van der Waals surface area contributed by atoms with Gasteiger partial charge < -0.3 is 18.9 Å². The van der Waals surface area contributed by atoms with Gasteiger partial charge >= 0.3 is 11.9 Å². The fourth-order valence-corrected chi connectivity index (χ4v) is 1.52. The molecule has 0 spiro atoms. The van der Waals surface area contributed by atoms with Gasteiger partial charge in [0.2, 0.25) is 0 Å². The maximum Gasteiger partial charge on any atom is 0.343 e. The Balaban J connectivity index is 3.62. The maximum atomic E-state index is 10.9. The Hall–Kier alpha value is -2.53. The number of benzene rings is 1. The number of rotatable bonds is 5. The van der Waals surface area contributed by atoms with Gasteiger partial charge in [0, 0.05) is 0 Å². The molecule has 0 aliphatic heterocycles. The summed E-state index contributed by atoms with van der Waals surface area (Å²) < 4.78 is 24.7. The summed E-state index contributed by atoms with van der Waals surface area (Å²) in [5.74, 6) is -4.29. The van der Waals surface area contributed by atoms with Crippen molar-refractivity contribution in [2.45, 2.75) is 0 Å². The zero-order chi connectivity index (χ0) is 14.7. The number of nitrogens with zero attached hydrogens (tertiary/aromatic N) is 1. The molecule has 10 nitrogen and oxygen atoms in total. The Kier molecular flexibility index (Phi) is 4.14. The molecule has 0 saturated heterocycles. The minimum absolute atomic E-state index is 0.506. The van der Waals surface area contributed by atoms with Crippen molar-refractivity contribution in [1.29, 1.82) is 0 Å².